The first-order valence-electron chi connectivity index (χ1n) is 10.6. The second-order valence-electron chi connectivity index (χ2n) is 8.15. The third kappa shape index (κ3) is 4.26. The maximum absolute atomic E-state index is 12.7. The smallest absolute Gasteiger partial charge is 0.407 e. The molecule has 31 heavy (non-hydrogen) atoms. The van der Waals surface area contributed by atoms with E-state index in [2.05, 4.69) is 17.4 Å². The predicted octanol–water partition coefficient (Wildman–Crippen LogP) is 3.24. The lowest BCUT2D eigenvalue weighted by atomic mass is 9.98. The molecule has 0 radical (unpaired) electrons. The van der Waals surface area contributed by atoms with Gasteiger partial charge in [-0.2, -0.15) is 0 Å². The van der Waals surface area contributed by atoms with E-state index in [9.17, 15) is 19.5 Å². The third-order valence-electron chi connectivity index (χ3n) is 6.13. The Labute approximate surface area is 181 Å². The number of amides is 2. The molecular weight excluding hydrogens is 396 g/mol. The number of fused-ring (bicyclic) bond motifs is 3. The van der Waals surface area contributed by atoms with E-state index in [1.807, 2.05) is 36.4 Å². The molecule has 2 aromatic rings. The molecule has 0 aromatic heterocycles. The van der Waals surface area contributed by atoms with Gasteiger partial charge in [0.05, 0.1) is 5.92 Å². The molecular formula is C24H26N2O5. The number of carbonyl (C=O) groups excluding carboxylic acids is 2. The van der Waals surface area contributed by atoms with E-state index in [4.69, 9.17) is 4.74 Å². The molecule has 1 saturated heterocycles. The van der Waals surface area contributed by atoms with Crippen LogP contribution in [0, 0.1) is 5.92 Å². The number of aliphatic carboxylic acids is 1. The van der Waals surface area contributed by atoms with Crippen LogP contribution in [0.4, 0.5) is 4.79 Å². The van der Waals surface area contributed by atoms with Crippen LogP contribution in [0.3, 0.4) is 0 Å². The summed E-state index contributed by atoms with van der Waals surface area (Å²) in [7, 11) is 0. The van der Waals surface area contributed by atoms with Crippen molar-refractivity contribution < 1.29 is 24.2 Å². The van der Waals surface area contributed by atoms with Gasteiger partial charge in [-0.1, -0.05) is 48.5 Å². The molecule has 1 heterocycles. The van der Waals surface area contributed by atoms with Crippen LogP contribution in [0.2, 0.25) is 0 Å². The van der Waals surface area contributed by atoms with E-state index in [0.29, 0.717) is 19.4 Å². The number of carbonyl (C=O) groups is 3. The van der Waals surface area contributed by atoms with Gasteiger partial charge in [0.1, 0.15) is 12.6 Å². The summed E-state index contributed by atoms with van der Waals surface area (Å²) in [5.74, 6) is -1.80. The highest BCUT2D eigenvalue weighted by Crippen LogP contribution is 2.44. The zero-order valence-electron chi connectivity index (χ0n) is 17.4. The number of ether oxygens (including phenoxy) is 1. The topological polar surface area (TPSA) is 95.9 Å². The molecule has 2 N–H and O–H groups in total. The number of piperidine rings is 1. The lowest BCUT2D eigenvalue weighted by molar-refractivity contribution is -0.146. The van der Waals surface area contributed by atoms with Gasteiger partial charge in [0.2, 0.25) is 5.91 Å². The highest BCUT2D eigenvalue weighted by atomic mass is 16.5. The van der Waals surface area contributed by atoms with Crippen LogP contribution in [-0.4, -0.2) is 53.7 Å². The summed E-state index contributed by atoms with van der Waals surface area (Å²) >= 11 is 0. The minimum atomic E-state index is -0.894. The van der Waals surface area contributed by atoms with Crippen LogP contribution in [0.25, 0.3) is 11.1 Å². The van der Waals surface area contributed by atoms with E-state index in [-0.39, 0.29) is 25.0 Å². The first-order valence-corrected chi connectivity index (χ1v) is 10.6. The number of carboxylic acid groups (broad SMARTS) is 1. The number of benzene rings is 2. The summed E-state index contributed by atoms with van der Waals surface area (Å²) in [6, 6.07) is 15.4. The zero-order chi connectivity index (χ0) is 22.0. The van der Waals surface area contributed by atoms with E-state index < -0.39 is 24.0 Å². The van der Waals surface area contributed by atoms with Crippen molar-refractivity contribution in [2.45, 2.75) is 31.7 Å². The van der Waals surface area contributed by atoms with E-state index in [1.165, 1.54) is 4.90 Å². The Morgan fingerprint density at radius 3 is 2.32 bits per heavy atom. The quantitative estimate of drug-likeness (QED) is 0.771. The number of nitrogens with zero attached hydrogens (tertiary/aromatic N) is 1. The lowest BCUT2D eigenvalue weighted by Crippen LogP contribution is -2.51. The molecule has 2 aromatic carbocycles. The molecule has 0 spiro atoms. The second kappa shape index (κ2) is 8.79. The average molecular weight is 422 g/mol. The van der Waals surface area contributed by atoms with Gasteiger partial charge in [-0.3, -0.25) is 9.59 Å². The van der Waals surface area contributed by atoms with Gasteiger partial charge in [-0.25, -0.2) is 4.79 Å². The molecule has 1 aliphatic carbocycles. The fraction of sp³-hybridized carbons (Fsp3) is 0.375. The molecule has 1 unspecified atom stereocenters. The normalized spacial score (nSPS) is 18.6. The van der Waals surface area contributed by atoms with Crippen molar-refractivity contribution in [3.63, 3.8) is 0 Å². The van der Waals surface area contributed by atoms with Crippen molar-refractivity contribution >= 4 is 18.0 Å². The first kappa shape index (κ1) is 20.9. The van der Waals surface area contributed by atoms with Gasteiger partial charge < -0.3 is 20.1 Å². The molecule has 2 atom stereocenters. The van der Waals surface area contributed by atoms with Crippen molar-refractivity contribution in [3.8, 4) is 11.1 Å². The van der Waals surface area contributed by atoms with Crippen LogP contribution < -0.4 is 5.32 Å². The molecule has 4 rings (SSSR count). The molecule has 0 bridgehead atoms. The van der Waals surface area contributed by atoms with Gasteiger partial charge in [0.25, 0.3) is 0 Å². The van der Waals surface area contributed by atoms with Crippen LogP contribution in [-0.2, 0) is 14.3 Å². The predicted molar refractivity (Wildman–Crippen MR) is 115 cm³/mol. The summed E-state index contributed by atoms with van der Waals surface area (Å²) in [6.07, 6.45) is 0.544. The fourth-order valence-corrected chi connectivity index (χ4v) is 4.53. The Kier molecular flexibility index (Phi) is 5.93. The van der Waals surface area contributed by atoms with Gasteiger partial charge >= 0.3 is 12.1 Å². The number of carboxylic acids is 1. The zero-order valence-corrected chi connectivity index (χ0v) is 17.4. The Bertz CT molecular complexity index is 959. The molecule has 1 aliphatic heterocycles. The van der Waals surface area contributed by atoms with Crippen LogP contribution in [0.1, 0.15) is 36.8 Å². The summed E-state index contributed by atoms with van der Waals surface area (Å²) in [4.78, 5) is 37.8. The molecule has 7 nitrogen and oxygen atoms in total. The Morgan fingerprint density at radius 2 is 1.71 bits per heavy atom. The van der Waals surface area contributed by atoms with Gasteiger partial charge in [-0.05, 0) is 42.0 Å². The highest BCUT2D eigenvalue weighted by Gasteiger charge is 2.32. The van der Waals surface area contributed by atoms with E-state index >= 15 is 0 Å². The minimum Gasteiger partial charge on any atom is -0.481 e. The summed E-state index contributed by atoms with van der Waals surface area (Å²) in [5.41, 5.74) is 4.53. The molecule has 162 valence electrons. The highest BCUT2D eigenvalue weighted by molar-refractivity contribution is 5.86. The fourth-order valence-electron chi connectivity index (χ4n) is 4.53. The SMILES string of the molecule is C[C@@H](NC(=O)OCC1c2ccccc2-c2ccccc21)C(=O)N1CCCC(C(=O)O)C1. The number of likely N-dealkylation sites (tertiary alicyclic amines) is 1. The van der Waals surface area contributed by atoms with Crippen molar-refractivity contribution in [2.24, 2.45) is 5.92 Å². The third-order valence-corrected chi connectivity index (χ3v) is 6.13. The van der Waals surface area contributed by atoms with Gasteiger partial charge in [0, 0.05) is 19.0 Å². The number of rotatable bonds is 5. The monoisotopic (exact) mass is 422 g/mol. The van der Waals surface area contributed by atoms with E-state index in [0.717, 1.165) is 22.3 Å². The largest absolute Gasteiger partial charge is 0.481 e. The first-order chi connectivity index (χ1) is 15.0. The molecule has 1 fully saturated rings. The van der Waals surface area contributed by atoms with Gasteiger partial charge in [0.15, 0.2) is 0 Å². The maximum atomic E-state index is 12.7. The number of nitrogens with one attached hydrogen (secondary N) is 1. The Hall–Kier alpha value is -3.35. The Morgan fingerprint density at radius 1 is 1.10 bits per heavy atom. The van der Waals surface area contributed by atoms with Crippen molar-refractivity contribution in [2.75, 3.05) is 19.7 Å². The molecule has 2 aliphatic rings. The standard InChI is InChI=1S/C24H26N2O5/c1-15(22(27)26-12-6-7-16(13-26)23(28)29)25-24(30)31-14-21-19-10-4-2-8-17(19)18-9-3-5-11-20(18)21/h2-5,8-11,15-16,21H,6-7,12-14H2,1H3,(H,25,30)(H,28,29)/t15-,16?/m1/s1. The second-order valence-corrected chi connectivity index (χ2v) is 8.15. The number of hydrogen-bond acceptors (Lipinski definition) is 4. The van der Waals surface area contributed by atoms with Crippen LogP contribution in [0.5, 0.6) is 0 Å². The van der Waals surface area contributed by atoms with Crippen LogP contribution in [0.15, 0.2) is 48.5 Å². The van der Waals surface area contributed by atoms with Crippen molar-refractivity contribution in [1.82, 2.24) is 10.2 Å². The molecule has 7 heteroatoms. The van der Waals surface area contributed by atoms with Crippen molar-refractivity contribution in [1.29, 1.82) is 0 Å². The summed E-state index contributed by atoms with van der Waals surface area (Å²) < 4.78 is 5.49. The Balaban J connectivity index is 1.35. The molecule has 2 amide bonds. The van der Waals surface area contributed by atoms with Gasteiger partial charge in [-0.15, -0.1) is 0 Å². The molecule has 0 saturated carbocycles. The van der Waals surface area contributed by atoms with Crippen molar-refractivity contribution in [3.05, 3.63) is 59.7 Å². The summed E-state index contributed by atoms with van der Waals surface area (Å²) in [5, 5.41) is 11.8. The lowest BCUT2D eigenvalue weighted by Gasteiger charge is -2.32. The summed E-state index contributed by atoms with van der Waals surface area (Å²) in [6.45, 7) is 2.43. The van der Waals surface area contributed by atoms with Crippen LogP contribution >= 0.6 is 0 Å². The average Bonchev–Trinajstić information content (AvgIpc) is 3.11. The number of hydrogen-bond donors (Lipinski definition) is 2. The minimum absolute atomic E-state index is 0.0532. The maximum Gasteiger partial charge on any atom is 0.407 e. The number of alkyl carbamates (subject to hydrolysis) is 1. The van der Waals surface area contributed by atoms with E-state index in [1.54, 1.807) is 6.92 Å².